The largest absolute Gasteiger partial charge is 0.360 e. The SMILES string of the molecule is C[NH+]1CCN(c2ccc(NS(=O)(=O)c3ccc4c(c3)CCC4)cc2)CC1. The molecule has 1 aliphatic heterocycles. The second kappa shape index (κ2) is 6.93. The van der Waals surface area contributed by atoms with Crippen LogP contribution in [0.1, 0.15) is 17.5 Å². The molecule has 2 N–H and O–H groups in total. The summed E-state index contributed by atoms with van der Waals surface area (Å²) >= 11 is 0. The first-order valence-corrected chi connectivity index (χ1v) is 10.8. The van der Waals surface area contributed by atoms with Gasteiger partial charge in [-0.2, -0.15) is 0 Å². The number of nitrogens with one attached hydrogen (secondary N) is 2. The molecule has 5 nitrogen and oxygen atoms in total. The van der Waals surface area contributed by atoms with Gasteiger partial charge in [-0.3, -0.25) is 4.72 Å². The van der Waals surface area contributed by atoms with Crippen LogP contribution in [0, 0.1) is 0 Å². The van der Waals surface area contributed by atoms with Crippen LogP contribution in [0.3, 0.4) is 0 Å². The zero-order valence-corrected chi connectivity index (χ0v) is 16.0. The minimum atomic E-state index is -3.55. The standard InChI is InChI=1S/C20H25N3O2S/c1-22-11-13-23(14-12-22)19-8-6-18(7-9-19)21-26(24,25)20-10-5-16-3-2-4-17(16)15-20/h5-10,15,21H,2-4,11-14H2,1H3/p+1. The Labute approximate surface area is 155 Å². The van der Waals surface area contributed by atoms with E-state index < -0.39 is 10.0 Å². The van der Waals surface area contributed by atoms with Gasteiger partial charge in [0.25, 0.3) is 10.0 Å². The summed E-state index contributed by atoms with van der Waals surface area (Å²) in [6, 6.07) is 13.2. The fraction of sp³-hybridized carbons (Fsp3) is 0.400. The maximum atomic E-state index is 12.7. The minimum absolute atomic E-state index is 0.351. The van der Waals surface area contributed by atoms with Crippen LogP contribution in [-0.2, 0) is 22.9 Å². The fourth-order valence-corrected chi connectivity index (χ4v) is 4.93. The third-order valence-corrected chi connectivity index (χ3v) is 6.86. The molecule has 0 bridgehead atoms. The number of quaternary nitrogens is 1. The first-order valence-electron chi connectivity index (χ1n) is 9.32. The van der Waals surface area contributed by atoms with E-state index in [1.807, 2.05) is 36.4 Å². The van der Waals surface area contributed by atoms with Gasteiger partial charge in [-0.05, 0) is 66.8 Å². The lowest BCUT2D eigenvalue weighted by Crippen LogP contribution is -3.12. The number of aryl methyl sites for hydroxylation is 2. The van der Waals surface area contributed by atoms with E-state index in [0.29, 0.717) is 10.6 Å². The van der Waals surface area contributed by atoms with Crippen molar-refractivity contribution in [2.24, 2.45) is 0 Å². The van der Waals surface area contributed by atoms with Crippen molar-refractivity contribution in [1.29, 1.82) is 0 Å². The van der Waals surface area contributed by atoms with Gasteiger partial charge in [0, 0.05) is 11.4 Å². The van der Waals surface area contributed by atoms with Crippen LogP contribution < -0.4 is 14.5 Å². The Hall–Kier alpha value is -2.05. The predicted octanol–water partition coefficient (Wildman–Crippen LogP) is 1.31. The van der Waals surface area contributed by atoms with E-state index >= 15 is 0 Å². The number of sulfonamides is 1. The molecular formula is C20H26N3O2S+. The maximum absolute atomic E-state index is 12.7. The van der Waals surface area contributed by atoms with Gasteiger partial charge in [-0.1, -0.05) is 6.07 Å². The topological polar surface area (TPSA) is 53.9 Å². The smallest absolute Gasteiger partial charge is 0.261 e. The molecular weight excluding hydrogens is 346 g/mol. The first kappa shape index (κ1) is 17.4. The van der Waals surface area contributed by atoms with Crippen LogP contribution in [0.5, 0.6) is 0 Å². The first-order chi connectivity index (χ1) is 12.5. The average molecular weight is 373 g/mol. The Morgan fingerprint density at radius 1 is 0.962 bits per heavy atom. The molecule has 0 spiro atoms. The molecule has 4 rings (SSSR count). The van der Waals surface area contributed by atoms with Gasteiger partial charge in [0.15, 0.2) is 0 Å². The lowest BCUT2D eigenvalue weighted by atomic mass is 10.1. The van der Waals surface area contributed by atoms with E-state index in [-0.39, 0.29) is 0 Å². The van der Waals surface area contributed by atoms with Crippen LogP contribution >= 0.6 is 0 Å². The number of piperazine rings is 1. The van der Waals surface area contributed by atoms with Gasteiger partial charge in [0.1, 0.15) is 0 Å². The number of fused-ring (bicyclic) bond motifs is 1. The van der Waals surface area contributed by atoms with Gasteiger partial charge in [0.2, 0.25) is 0 Å². The summed E-state index contributed by atoms with van der Waals surface area (Å²) < 4.78 is 28.1. The Bertz CT molecular complexity index is 886. The van der Waals surface area contributed by atoms with Crippen molar-refractivity contribution < 1.29 is 13.3 Å². The summed E-state index contributed by atoms with van der Waals surface area (Å²) in [6.45, 7) is 4.33. The highest BCUT2D eigenvalue weighted by Crippen LogP contribution is 2.26. The quantitative estimate of drug-likeness (QED) is 0.851. The van der Waals surface area contributed by atoms with Crippen LogP contribution in [0.15, 0.2) is 47.4 Å². The highest BCUT2D eigenvalue weighted by atomic mass is 32.2. The van der Waals surface area contributed by atoms with Gasteiger partial charge >= 0.3 is 0 Å². The van der Waals surface area contributed by atoms with E-state index in [1.54, 1.807) is 11.0 Å². The number of hydrogen-bond acceptors (Lipinski definition) is 3. The molecule has 138 valence electrons. The van der Waals surface area contributed by atoms with Gasteiger partial charge < -0.3 is 9.80 Å². The van der Waals surface area contributed by atoms with E-state index in [9.17, 15) is 8.42 Å². The number of benzene rings is 2. The zero-order valence-electron chi connectivity index (χ0n) is 15.2. The van der Waals surface area contributed by atoms with Crippen LogP contribution in [-0.4, -0.2) is 41.6 Å². The van der Waals surface area contributed by atoms with Crippen molar-refractivity contribution in [3.05, 3.63) is 53.6 Å². The second-order valence-corrected chi connectivity index (χ2v) is 9.06. The van der Waals surface area contributed by atoms with E-state index in [0.717, 1.165) is 51.1 Å². The van der Waals surface area contributed by atoms with Crippen LogP contribution in [0.25, 0.3) is 0 Å². The second-order valence-electron chi connectivity index (χ2n) is 7.38. The predicted molar refractivity (Wildman–Crippen MR) is 105 cm³/mol. The number of likely N-dealkylation sites (N-methyl/N-ethyl adjacent to an activating group) is 1. The Morgan fingerprint density at radius 2 is 1.65 bits per heavy atom. The van der Waals surface area contributed by atoms with Crippen molar-refractivity contribution in [3.63, 3.8) is 0 Å². The number of hydrogen-bond donors (Lipinski definition) is 2. The summed E-state index contributed by atoms with van der Waals surface area (Å²) in [7, 11) is -1.33. The number of rotatable bonds is 4. The normalized spacial score (nSPS) is 18.0. The molecule has 2 aromatic rings. The average Bonchev–Trinajstić information content (AvgIpc) is 3.11. The van der Waals surface area contributed by atoms with Crippen molar-refractivity contribution in [2.75, 3.05) is 42.8 Å². The molecule has 0 amide bonds. The molecule has 2 aromatic carbocycles. The molecule has 1 saturated heterocycles. The molecule has 0 unspecified atom stereocenters. The van der Waals surface area contributed by atoms with Crippen LogP contribution in [0.4, 0.5) is 11.4 Å². The molecule has 1 fully saturated rings. The third kappa shape index (κ3) is 3.57. The number of anilines is 2. The Balaban J connectivity index is 1.48. The van der Waals surface area contributed by atoms with Gasteiger partial charge in [-0.15, -0.1) is 0 Å². The van der Waals surface area contributed by atoms with Gasteiger partial charge in [-0.25, -0.2) is 8.42 Å². The van der Waals surface area contributed by atoms with Crippen molar-refractivity contribution in [2.45, 2.75) is 24.2 Å². The summed E-state index contributed by atoms with van der Waals surface area (Å²) in [5.74, 6) is 0. The molecule has 26 heavy (non-hydrogen) atoms. The van der Waals surface area contributed by atoms with Crippen molar-refractivity contribution in [1.82, 2.24) is 0 Å². The summed E-state index contributed by atoms with van der Waals surface area (Å²) in [6.07, 6.45) is 3.14. The fourth-order valence-electron chi connectivity index (χ4n) is 3.82. The minimum Gasteiger partial charge on any atom is -0.360 e. The summed E-state index contributed by atoms with van der Waals surface area (Å²) in [4.78, 5) is 4.26. The molecule has 0 radical (unpaired) electrons. The summed E-state index contributed by atoms with van der Waals surface area (Å²) in [5, 5.41) is 0. The molecule has 1 aliphatic carbocycles. The zero-order chi connectivity index (χ0) is 18.1. The highest BCUT2D eigenvalue weighted by molar-refractivity contribution is 7.92. The maximum Gasteiger partial charge on any atom is 0.261 e. The Kier molecular flexibility index (Phi) is 4.63. The van der Waals surface area contributed by atoms with E-state index in [2.05, 4.69) is 16.7 Å². The van der Waals surface area contributed by atoms with E-state index in [4.69, 9.17) is 0 Å². The molecule has 0 aromatic heterocycles. The monoisotopic (exact) mass is 372 g/mol. The van der Waals surface area contributed by atoms with Crippen LogP contribution in [0.2, 0.25) is 0 Å². The molecule has 1 heterocycles. The molecule has 0 saturated carbocycles. The molecule has 6 heteroatoms. The lowest BCUT2D eigenvalue weighted by molar-refractivity contribution is -0.880. The van der Waals surface area contributed by atoms with E-state index in [1.165, 1.54) is 11.1 Å². The van der Waals surface area contributed by atoms with Crippen molar-refractivity contribution in [3.8, 4) is 0 Å². The number of nitrogens with zero attached hydrogens (tertiary/aromatic N) is 1. The lowest BCUT2D eigenvalue weighted by Gasteiger charge is -2.31. The molecule has 2 aliphatic rings. The Morgan fingerprint density at radius 3 is 2.38 bits per heavy atom. The van der Waals surface area contributed by atoms with Crippen molar-refractivity contribution >= 4 is 21.4 Å². The highest BCUT2D eigenvalue weighted by Gasteiger charge is 2.20. The third-order valence-electron chi connectivity index (χ3n) is 5.48. The van der Waals surface area contributed by atoms with Gasteiger partial charge in [0.05, 0.1) is 38.1 Å². The molecule has 0 atom stereocenters. The summed E-state index contributed by atoms with van der Waals surface area (Å²) in [5.41, 5.74) is 4.20.